The average Bonchev–Trinajstić information content (AvgIpc) is 3.77. The number of aromatic nitrogens is 3. The number of ether oxygens (including phenoxy) is 1. The van der Waals surface area contributed by atoms with Gasteiger partial charge < -0.3 is 18.5 Å². The lowest BCUT2D eigenvalue weighted by atomic mass is 10.1. The summed E-state index contributed by atoms with van der Waals surface area (Å²) in [6.45, 7) is 0. The molecule has 1 aliphatic heterocycles. The fraction of sp³-hybridized carbons (Fsp3) is 0. The number of hydrogen-bond donors (Lipinski definition) is 0. The largest absolute Gasteiger partial charge is 0.456 e. The molecule has 7 nitrogen and oxygen atoms in total. The minimum Gasteiger partial charge on any atom is -0.456 e. The van der Waals surface area contributed by atoms with Crippen LogP contribution in [0.15, 0.2) is 167 Å². The summed E-state index contributed by atoms with van der Waals surface area (Å²) in [4.78, 5) is 17.5. The molecule has 52 heavy (non-hydrogen) atoms. The molecule has 0 N–H and O–H groups in total. The summed E-state index contributed by atoms with van der Waals surface area (Å²) in [5.74, 6) is 3.33. The second-order valence-electron chi connectivity index (χ2n) is 12.8. The lowest BCUT2D eigenvalue weighted by Gasteiger charge is -2.32. The Morgan fingerprint density at radius 3 is 1.33 bits per heavy atom. The Labute approximate surface area is 297 Å². The lowest BCUT2D eigenvalue weighted by molar-refractivity contribution is 0.477. The summed E-state index contributed by atoms with van der Waals surface area (Å²) in [5, 5.41) is 4.12. The van der Waals surface area contributed by atoms with E-state index in [2.05, 4.69) is 65.6 Å². The Hall–Kier alpha value is -7.25. The molecule has 1 aliphatic rings. The molecule has 0 saturated carbocycles. The molecular formula is C45H26N4O3. The molecule has 0 unspecified atom stereocenters. The van der Waals surface area contributed by atoms with Crippen LogP contribution in [0, 0.1) is 0 Å². The molecule has 7 aromatic carbocycles. The standard InChI is InChI=1S/C45H26N4O3/c1-5-13-37-31(9-1)33-25-28(19-23-39(33)50-37)44-46-43(47-45(48-44)29-20-24-40-34(26-29)32-10-2-6-14-38(32)51-40)27-17-21-30(22-18-27)49-35-11-3-7-15-41(35)52-42-16-8-4-12-36(42)49/h1-26H. The highest BCUT2D eigenvalue weighted by molar-refractivity contribution is 6.07. The van der Waals surface area contributed by atoms with Crippen molar-refractivity contribution < 1.29 is 13.6 Å². The third-order valence-corrected chi connectivity index (χ3v) is 9.72. The Kier molecular flexibility index (Phi) is 6.12. The molecule has 10 aromatic rings. The fourth-order valence-electron chi connectivity index (χ4n) is 7.24. The fourth-order valence-corrected chi connectivity index (χ4v) is 7.24. The van der Waals surface area contributed by atoms with Crippen molar-refractivity contribution in [1.82, 2.24) is 15.0 Å². The summed E-state index contributed by atoms with van der Waals surface area (Å²) in [7, 11) is 0. The van der Waals surface area contributed by atoms with Crippen LogP contribution >= 0.6 is 0 Å². The van der Waals surface area contributed by atoms with Crippen LogP contribution in [0.4, 0.5) is 17.1 Å². The molecule has 244 valence electrons. The van der Waals surface area contributed by atoms with E-state index >= 15 is 0 Å². The molecule has 0 radical (unpaired) electrons. The van der Waals surface area contributed by atoms with Gasteiger partial charge in [-0.15, -0.1) is 0 Å². The SMILES string of the molecule is c1ccc2c(c1)Oc1ccccc1N2c1ccc(-c2nc(-c3ccc4oc5ccccc5c4c3)nc(-c3ccc4oc5ccccc5c4c3)n2)cc1. The van der Waals surface area contributed by atoms with Crippen molar-refractivity contribution in [2.75, 3.05) is 4.90 Å². The highest BCUT2D eigenvalue weighted by Crippen LogP contribution is 2.50. The van der Waals surface area contributed by atoms with E-state index < -0.39 is 0 Å². The van der Waals surface area contributed by atoms with E-state index in [0.717, 1.165) is 89.1 Å². The van der Waals surface area contributed by atoms with Gasteiger partial charge in [-0.1, -0.05) is 60.7 Å². The van der Waals surface area contributed by atoms with Gasteiger partial charge in [-0.2, -0.15) is 0 Å². The molecule has 4 heterocycles. The topological polar surface area (TPSA) is 77.4 Å². The second-order valence-corrected chi connectivity index (χ2v) is 12.8. The Morgan fingerprint density at radius 1 is 0.365 bits per heavy atom. The molecule has 11 rings (SSSR count). The summed E-state index contributed by atoms with van der Waals surface area (Å²) in [5.41, 5.74) is 8.89. The number of furan rings is 2. The van der Waals surface area contributed by atoms with Crippen molar-refractivity contribution in [1.29, 1.82) is 0 Å². The number of hydrogen-bond acceptors (Lipinski definition) is 7. The summed E-state index contributed by atoms with van der Waals surface area (Å²) >= 11 is 0. The van der Waals surface area contributed by atoms with Gasteiger partial charge in [0.25, 0.3) is 0 Å². The van der Waals surface area contributed by atoms with Crippen molar-refractivity contribution in [2.24, 2.45) is 0 Å². The Balaban J connectivity index is 1.07. The van der Waals surface area contributed by atoms with Crippen LogP contribution in [0.2, 0.25) is 0 Å². The first-order valence-electron chi connectivity index (χ1n) is 17.1. The van der Waals surface area contributed by atoms with Gasteiger partial charge in [0.15, 0.2) is 29.0 Å². The van der Waals surface area contributed by atoms with E-state index in [-0.39, 0.29) is 0 Å². The molecular weight excluding hydrogens is 645 g/mol. The molecule has 7 heteroatoms. The molecule has 0 saturated heterocycles. The molecule has 0 fully saturated rings. The van der Waals surface area contributed by atoms with Crippen LogP contribution in [0.1, 0.15) is 0 Å². The van der Waals surface area contributed by atoms with Crippen molar-refractivity contribution in [2.45, 2.75) is 0 Å². The minimum absolute atomic E-state index is 0.573. The van der Waals surface area contributed by atoms with Crippen LogP contribution in [0.3, 0.4) is 0 Å². The van der Waals surface area contributed by atoms with Crippen molar-refractivity contribution >= 4 is 60.9 Å². The molecule has 0 aliphatic carbocycles. The summed E-state index contributed by atoms with van der Waals surface area (Å²) in [6, 6.07) is 52.9. The average molecular weight is 671 g/mol. The van der Waals surface area contributed by atoms with E-state index in [1.54, 1.807) is 0 Å². The maximum atomic E-state index is 6.24. The number of fused-ring (bicyclic) bond motifs is 8. The van der Waals surface area contributed by atoms with Gasteiger partial charge >= 0.3 is 0 Å². The second kappa shape index (κ2) is 11.1. The molecule has 3 aromatic heterocycles. The van der Waals surface area contributed by atoms with E-state index in [1.807, 2.05) is 97.1 Å². The summed E-state index contributed by atoms with van der Waals surface area (Å²) in [6.07, 6.45) is 0. The third-order valence-electron chi connectivity index (χ3n) is 9.72. The van der Waals surface area contributed by atoms with Gasteiger partial charge in [-0.25, -0.2) is 15.0 Å². The number of nitrogens with zero attached hydrogens (tertiary/aromatic N) is 4. The Bertz CT molecular complexity index is 2840. The third kappa shape index (κ3) is 4.50. The monoisotopic (exact) mass is 670 g/mol. The molecule has 0 bridgehead atoms. The molecule has 0 amide bonds. The van der Waals surface area contributed by atoms with Crippen molar-refractivity contribution in [3.63, 3.8) is 0 Å². The molecule has 0 atom stereocenters. The van der Waals surface area contributed by atoms with Crippen molar-refractivity contribution in [3.8, 4) is 45.7 Å². The van der Waals surface area contributed by atoms with Crippen molar-refractivity contribution in [3.05, 3.63) is 158 Å². The van der Waals surface area contributed by atoms with Gasteiger partial charge in [0.1, 0.15) is 22.3 Å². The first kappa shape index (κ1) is 28.6. The van der Waals surface area contributed by atoms with Crippen LogP contribution in [-0.4, -0.2) is 15.0 Å². The van der Waals surface area contributed by atoms with Crippen LogP contribution in [-0.2, 0) is 0 Å². The highest BCUT2D eigenvalue weighted by Gasteiger charge is 2.25. The maximum Gasteiger partial charge on any atom is 0.164 e. The number of rotatable bonds is 4. The van der Waals surface area contributed by atoms with Gasteiger partial charge in [0, 0.05) is 43.9 Å². The normalized spacial score (nSPS) is 12.3. The minimum atomic E-state index is 0.573. The highest BCUT2D eigenvalue weighted by atomic mass is 16.5. The maximum absolute atomic E-state index is 6.24. The predicted molar refractivity (Wildman–Crippen MR) is 205 cm³/mol. The number of anilines is 3. The Morgan fingerprint density at radius 2 is 0.788 bits per heavy atom. The van der Waals surface area contributed by atoms with E-state index in [1.165, 1.54) is 0 Å². The molecule has 0 spiro atoms. The summed E-state index contributed by atoms with van der Waals surface area (Å²) < 4.78 is 18.5. The number of benzene rings is 7. The van der Waals surface area contributed by atoms with E-state index in [9.17, 15) is 0 Å². The predicted octanol–water partition coefficient (Wildman–Crippen LogP) is 12.2. The number of para-hydroxylation sites is 6. The first-order valence-corrected chi connectivity index (χ1v) is 17.1. The zero-order valence-corrected chi connectivity index (χ0v) is 27.5. The zero-order chi connectivity index (χ0) is 34.2. The van der Waals surface area contributed by atoms with Crippen LogP contribution in [0.5, 0.6) is 11.5 Å². The van der Waals surface area contributed by atoms with Gasteiger partial charge in [0.2, 0.25) is 0 Å². The quantitative estimate of drug-likeness (QED) is 0.184. The van der Waals surface area contributed by atoms with Crippen LogP contribution < -0.4 is 9.64 Å². The first-order chi connectivity index (χ1) is 25.7. The van der Waals surface area contributed by atoms with Gasteiger partial charge in [-0.3, -0.25) is 0 Å². The van der Waals surface area contributed by atoms with E-state index in [0.29, 0.717) is 17.5 Å². The lowest BCUT2D eigenvalue weighted by Crippen LogP contribution is -2.15. The van der Waals surface area contributed by atoms with E-state index in [4.69, 9.17) is 28.5 Å². The van der Waals surface area contributed by atoms with Gasteiger partial charge in [-0.05, 0) is 97.1 Å². The smallest absolute Gasteiger partial charge is 0.164 e. The van der Waals surface area contributed by atoms with Gasteiger partial charge in [0.05, 0.1) is 11.4 Å². The zero-order valence-electron chi connectivity index (χ0n) is 27.5. The van der Waals surface area contributed by atoms with Crippen LogP contribution in [0.25, 0.3) is 78.0 Å².